The van der Waals surface area contributed by atoms with E-state index in [4.69, 9.17) is 9.63 Å². The lowest BCUT2D eigenvalue weighted by molar-refractivity contribution is -0.139. The van der Waals surface area contributed by atoms with Crippen molar-refractivity contribution >= 4 is 21.9 Å². The molecule has 25 heavy (non-hydrogen) atoms. The van der Waals surface area contributed by atoms with Gasteiger partial charge in [-0.3, -0.25) is 9.59 Å². The van der Waals surface area contributed by atoms with Crippen LogP contribution in [0.5, 0.6) is 0 Å². The second-order valence-electron chi connectivity index (χ2n) is 6.63. The third-order valence-electron chi connectivity index (χ3n) is 4.16. The van der Waals surface area contributed by atoms with E-state index in [1.54, 1.807) is 20.8 Å². The Balaban J connectivity index is 2.94. The van der Waals surface area contributed by atoms with Crippen LogP contribution in [0.3, 0.4) is 0 Å². The van der Waals surface area contributed by atoms with E-state index >= 15 is 0 Å². The standard InChI is InChI=1S/C15H25N3O6S/c1-8(2)15(6,7-12(19)20)16-14(21)10(4)18-25(22,23)13-9(3)17-24-11(13)5/h8,10,18H,7H2,1-6H3,(H,16,21)(H,19,20). The van der Waals surface area contributed by atoms with Gasteiger partial charge in [0, 0.05) is 0 Å². The highest BCUT2D eigenvalue weighted by Gasteiger charge is 2.35. The molecule has 0 aliphatic rings. The Morgan fingerprint density at radius 1 is 1.28 bits per heavy atom. The van der Waals surface area contributed by atoms with Crippen molar-refractivity contribution in [2.45, 2.75) is 64.4 Å². The number of nitrogens with zero attached hydrogens (tertiary/aromatic N) is 1. The molecule has 0 fully saturated rings. The summed E-state index contributed by atoms with van der Waals surface area (Å²) in [6.45, 7) is 9.50. The Kier molecular flexibility index (Phi) is 6.35. The van der Waals surface area contributed by atoms with E-state index in [0.29, 0.717) is 0 Å². The topological polar surface area (TPSA) is 139 Å². The summed E-state index contributed by atoms with van der Waals surface area (Å²) < 4.78 is 32.0. The number of carbonyl (C=O) groups excluding carboxylic acids is 1. The molecule has 142 valence electrons. The maximum Gasteiger partial charge on any atom is 0.305 e. The quantitative estimate of drug-likeness (QED) is 0.615. The molecule has 1 aromatic rings. The van der Waals surface area contributed by atoms with Crippen LogP contribution in [0, 0.1) is 19.8 Å². The van der Waals surface area contributed by atoms with Gasteiger partial charge in [-0.25, -0.2) is 8.42 Å². The molecule has 0 aromatic carbocycles. The number of hydrogen-bond donors (Lipinski definition) is 3. The Hall–Kier alpha value is -1.94. The molecule has 1 aromatic heterocycles. The fourth-order valence-electron chi connectivity index (χ4n) is 2.30. The molecule has 9 nitrogen and oxygen atoms in total. The van der Waals surface area contributed by atoms with Crippen molar-refractivity contribution in [3.8, 4) is 0 Å². The van der Waals surface area contributed by atoms with Crippen molar-refractivity contribution < 1.29 is 27.6 Å². The van der Waals surface area contributed by atoms with Crippen molar-refractivity contribution in [1.82, 2.24) is 15.2 Å². The summed E-state index contributed by atoms with van der Waals surface area (Å²) >= 11 is 0. The van der Waals surface area contributed by atoms with Crippen molar-refractivity contribution in [3.63, 3.8) is 0 Å². The van der Waals surface area contributed by atoms with Crippen LogP contribution < -0.4 is 10.0 Å². The van der Waals surface area contributed by atoms with Crippen molar-refractivity contribution in [2.24, 2.45) is 5.92 Å². The van der Waals surface area contributed by atoms with Gasteiger partial charge in [-0.15, -0.1) is 0 Å². The average molecular weight is 375 g/mol. The molecule has 1 rings (SSSR count). The van der Waals surface area contributed by atoms with Crippen LogP contribution in [-0.4, -0.2) is 42.1 Å². The minimum atomic E-state index is -4.00. The Labute approximate surface area is 147 Å². The van der Waals surface area contributed by atoms with Gasteiger partial charge in [0.05, 0.1) is 18.0 Å². The highest BCUT2D eigenvalue weighted by molar-refractivity contribution is 7.89. The zero-order valence-corrected chi connectivity index (χ0v) is 16.0. The monoisotopic (exact) mass is 375 g/mol. The van der Waals surface area contributed by atoms with Crippen LogP contribution in [0.1, 0.15) is 45.6 Å². The summed E-state index contributed by atoms with van der Waals surface area (Å²) in [5.41, 5.74) is -0.818. The van der Waals surface area contributed by atoms with Crippen LogP contribution in [0.4, 0.5) is 0 Å². The lowest BCUT2D eigenvalue weighted by Crippen LogP contribution is -2.56. The molecule has 0 radical (unpaired) electrons. The van der Waals surface area contributed by atoms with E-state index in [1.165, 1.54) is 20.8 Å². The van der Waals surface area contributed by atoms with Gasteiger partial charge in [-0.1, -0.05) is 19.0 Å². The van der Waals surface area contributed by atoms with Gasteiger partial charge in [0.2, 0.25) is 15.9 Å². The van der Waals surface area contributed by atoms with Gasteiger partial charge in [0.25, 0.3) is 0 Å². The minimum Gasteiger partial charge on any atom is -0.481 e. The maximum absolute atomic E-state index is 12.4. The predicted molar refractivity (Wildman–Crippen MR) is 89.4 cm³/mol. The van der Waals surface area contributed by atoms with E-state index in [9.17, 15) is 18.0 Å². The Bertz CT molecular complexity index is 736. The number of carboxylic acids is 1. The molecule has 0 saturated carbocycles. The Morgan fingerprint density at radius 3 is 2.24 bits per heavy atom. The number of amides is 1. The van der Waals surface area contributed by atoms with Crippen LogP contribution in [-0.2, 0) is 19.6 Å². The largest absolute Gasteiger partial charge is 0.481 e. The molecule has 0 spiro atoms. The number of aliphatic carboxylic acids is 1. The van der Waals surface area contributed by atoms with Crippen molar-refractivity contribution in [3.05, 3.63) is 11.5 Å². The van der Waals surface area contributed by atoms with Crippen molar-refractivity contribution in [2.75, 3.05) is 0 Å². The summed E-state index contributed by atoms with van der Waals surface area (Å²) in [5.74, 6) is -1.72. The van der Waals surface area contributed by atoms with Gasteiger partial charge in [0.1, 0.15) is 10.6 Å². The lowest BCUT2D eigenvalue weighted by Gasteiger charge is -2.34. The number of sulfonamides is 1. The molecule has 0 aliphatic carbocycles. The lowest BCUT2D eigenvalue weighted by atomic mass is 9.85. The SMILES string of the molecule is Cc1noc(C)c1S(=O)(=O)NC(C)C(=O)NC(C)(CC(=O)O)C(C)C. The molecule has 3 N–H and O–H groups in total. The summed E-state index contributed by atoms with van der Waals surface area (Å²) in [6, 6.07) is -1.11. The van der Waals surface area contributed by atoms with Crippen molar-refractivity contribution in [1.29, 1.82) is 0 Å². The van der Waals surface area contributed by atoms with E-state index in [0.717, 1.165) is 0 Å². The van der Waals surface area contributed by atoms with Crippen LogP contribution in [0.2, 0.25) is 0 Å². The highest BCUT2D eigenvalue weighted by atomic mass is 32.2. The van der Waals surface area contributed by atoms with E-state index < -0.39 is 33.5 Å². The summed E-state index contributed by atoms with van der Waals surface area (Å²) in [4.78, 5) is 23.3. The molecule has 2 unspecified atom stereocenters. The van der Waals surface area contributed by atoms with E-state index in [-0.39, 0.29) is 28.7 Å². The molecule has 1 heterocycles. The Morgan fingerprint density at radius 2 is 1.84 bits per heavy atom. The minimum absolute atomic E-state index is 0.107. The second-order valence-corrected chi connectivity index (χ2v) is 8.28. The van der Waals surface area contributed by atoms with E-state index in [2.05, 4.69) is 15.2 Å². The zero-order chi connectivity index (χ0) is 19.6. The molecule has 0 saturated heterocycles. The van der Waals surface area contributed by atoms with Crippen LogP contribution in [0.15, 0.2) is 9.42 Å². The van der Waals surface area contributed by atoms with E-state index in [1.807, 2.05) is 0 Å². The van der Waals surface area contributed by atoms with Gasteiger partial charge < -0.3 is 14.9 Å². The fraction of sp³-hybridized carbons (Fsp3) is 0.667. The van der Waals surface area contributed by atoms with Gasteiger partial charge in [0.15, 0.2) is 5.76 Å². The first-order chi connectivity index (χ1) is 11.3. The normalized spacial score (nSPS) is 15.6. The zero-order valence-electron chi connectivity index (χ0n) is 15.2. The number of hydrogen-bond acceptors (Lipinski definition) is 6. The molecular weight excluding hydrogens is 350 g/mol. The predicted octanol–water partition coefficient (Wildman–Crippen LogP) is 0.964. The van der Waals surface area contributed by atoms with Gasteiger partial charge >= 0.3 is 5.97 Å². The summed E-state index contributed by atoms with van der Waals surface area (Å²) in [6.07, 6.45) is -0.278. The number of nitrogens with one attached hydrogen (secondary N) is 2. The smallest absolute Gasteiger partial charge is 0.305 e. The van der Waals surface area contributed by atoms with Gasteiger partial charge in [-0.05, 0) is 33.6 Å². The number of carboxylic acid groups (broad SMARTS) is 1. The fourth-order valence-corrected chi connectivity index (χ4v) is 3.83. The number of aromatic nitrogens is 1. The highest BCUT2D eigenvalue weighted by Crippen LogP contribution is 2.22. The third kappa shape index (κ3) is 5.02. The first-order valence-electron chi connectivity index (χ1n) is 7.79. The first-order valence-corrected chi connectivity index (χ1v) is 9.27. The van der Waals surface area contributed by atoms with Crippen LogP contribution >= 0.6 is 0 Å². The second kappa shape index (κ2) is 7.52. The number of rotatable bonds is 8. The molecular formula is C15H25N3O6S. The molecule has 10 heteroatoms. The maximum atomic E-state index is 12.4. The molecule has 0 bridgehead atoms. The van der Waals surface area contributed by atoms with Gasteiger partial charge in [-0.2, -0.15) is 4.72 Å². The number of carbonyl (C=O) groups is 2. The summed E-state index contributed by atoms with van der Waals surface area (Å²) in [5, 5.41) is 15.3. The molecule has 0 aliphatic heterocycles. The average Bonchev–Trinajstić information content (AvgIpc) is 2.76. The number of aryl methyl sites for hydroxylation is 2. The first kappa shape index (κ1) is 21.1. The molecule has 2 atom stereocenters. The molecule has 1 amide bonds. The third-order valence-corrected chi connectivity index (χ3v) is 5.95. The summed E-state index contributed by atoms with van der Waals surface area (Å²) in [7, 11) is -4.00. The van der Waals surface area contributed by atoms with Crippen LogP contribution in [0.25, 0.3) is 0 Å².